The van der Waals surface area contributed by atoms with Crippen LogP contribution in [0.5, 0.6) is 0 Å². The molecule has 1 aromatic heterocycles. The van der Waals surface area contributed by atoms with E-state index < -0.39 is 6.10 Å². The van der Waals surface area contributed by atoms with E-state index in [1.54, 1.807) is 11.0 Å². The van der Waals surface area contributed by atoms with E-state index in [4.69, 9.17) is 10.3 Å². The minimum Gasteiger partial charge on any atom is -0.391 e. The maximum absolute atomic E-state index is 12.3. The maximum Gasteiger partial charge on any atom is 0.273 e. The molecule has 2 amide bonds. The fraction of sp³-hybridized carbons (Fsp3) is 0.706. The number of nitrogens with two attached hydrogens (primary N) is 1. The second-order valence-corrected chi connectivity index (χ2v) is 7.11. The van der Waals surface area contributed by atoms with Crippen molar-refractivity contribution >= 4 is 11.8 Å². The molecule has 3 atom stereocenters. The van der Waals surface area contributed by atoms with Crippen LogP contribution < -0.4 is 11.1 Å². The summed E-state index contributed by atoms with van der Waals surface area (Å²) in [6.45, 7) is 2.58. The van der Waals surface area contributed by atoms with Crippen molar-refractivity contribution in [1.29, 1.82) is 0 Å². The highest BCUT2D eigenvalue weighted by Gasteiger charge is 2.32. The van der Waals surface area contributed by atoms with Crippen LogP contribution in [0.25, 0.3) is 0 Å². The van der Waals surface area contributed by atoms with E-state index in [1.807, 2.05) is 6.92 Å². The van der Waals surface area contributed by atoms with Gasteiger partial charge in [0, 0.05) is 37.2 Å². The zero-order valence-corrected chi connectivity index (χ0v) is 14.5. The largest absolute Gasteiger partial charge is 0.391 e. The van der Waals surface area contributed by atoms with Crippen LogP contribution in [-0.2, 0) is 4.79 Å². The van der Waals surface area contributed by atoms with Gasteiger partial charge in [-0.3, -0.25) is 9.59 Å². The number of carbonyl (C=O) groups excluding carboxylic acids is 2. The van der Waals surface area contributed by atoms with Crippen molar-refractivity contribution in [3.8, 4) is 0 Å². The topological polar surface area (TPSA) is 122 Å². The fourth-order valence-electron chi connectivity index (χ4n) is 3.29. The van der Waals surface area contributed by atoms with E-state index in [0.717, 1.165) is 18.6 Å². The van der Waals surface area contributed by atoms with Gasteiger partial charge in [-0.15, -0.1) is 0 Å². The summed E-state index contributed by atoms with van der Waals surface area (Å²) in [7, 11) is 0. The third kappa shape index (κ3) is 4.38. The Labute approximate surface area is 146 Å². The Kier molecular flexibility index (Phi) is 5.39. The van der Waals surface area contributed by atoms with Crippen molar-refractivity contribution in [2.24, 2.45) is 5.73 Å². The summed E-state index contributed by atoms with van der Waals surface area (Å²) >= 11 is 0. The van der Waals surface area contributed by atoms with E-state index >= 15 is 0 Å². The highest BCUT2D eigenvalue weighted by Crippen LogP contribution is 2.40. The van der Waals surface area contributed by atoms with Gasteiger partial charge in [-0.25, -0.2) is 0 Å². The molecule has 0 radical (unpaired) electrons. The molecule has 138 valence electrons. The SMILES string of the molecule is C[C@@H]1C[C@@H](NC(=O)c2cc(C3CC3)on2)CCN1C(=O)CC(O)CN. The zero-order chi connectivity index (χ0) is 18.0. The number of piperidine rings is 1. The first-order chi connectivity index (χ1) is 12.0. The van der Waals surface area contributed by atoms with Gasteiger partial charge in [0.15, 0.2) is 5.69 Å². The van der Waals surface area contributed by atoms with E-state index in [-0.39, 0.29) is 36.9 Å². The standard InChI is InChI=1S/C17H26N4O4/c1-10-6-12(4-5-21(10)16(23)7-13(22)9-18)19-17(24)14-8-15(25-20-14)11-2-3-11/h8,10-13,22H,2-7,9,18H2,1H3,(H,19,24)/t10-,12+,13?/m1/s1. The lowest BCUT2D eigenvalue weighted by molar-refractivity contribution is -0.136. The summed E-state index contributed by atoms with van der Waals surface area (Å²) < 4.78 is 5.22. The molecular weight excluding hydrogens is 324 g/mol. The first-order valence-corrected chi connectivity index (χ1v) is 8.93. The third-order valence-corrected chi connectivity index (χ3v) is 4.95. The lowest BCUT2D eigenvalue weighted by Gasteiger charge is -2.38. The Hall–Kier alpha value is -1.93. The predicted molar refractivity (Wildman–Crippen MR) is 89.8 cm³/mol. The van der Waals surface area contributed by atoms with Crippen LogP contribution in [0.3, 0.4) is 0 Å². The minimum atomic E-state index is -0.801. The lowest BCUT2D eigenvalue weighted by atomic mass is 9.97. The van der Waals surface area contributed by atoms with Crippen LogP contribution in [0.4, 0.5) is 0 Å². The van der Waals surface area contributed by atoms with E-state index in [1.165, 1.54) is 0 Å². The third-order valence-electron chi connectivity index (χ3n) is 4.95. The van der Waals surface area contributed by atoms with Gasteiger partial charge in [-0.05, 0) is 32.6 Å². The summed E-state index contributed by atoms with van der Waals surface area (Å²) in [4.78, 5) is 26.3. The van der Waals surface area contributed by atoms with Crippen LogP contribution >= 0.6 is 0 Å². The van der Waals surface area contributed by atoms with Gasteiger partial charge >= 0.3 is 0 Å². The van der Waals surface area contributed by atoms with Crippen LogP contribution in [-0.4, -0.2) is 58.3 Å². The number of aromatic nitrogens is 1. The molecule has 0 bridgehead atoms. The van der Waals surface area contributed by atoms with E-state index in [9.17, 15) is 14.7 Å². The smallest absolute Gasteiger partial charge is 0.273 e. The molecule has 2 aliphatic rings. The molecule has 1 aliphatic heterocycles. The summed E-state index contributed by atoms with van der Waals surface area (Å²) in [5.41, 5.74) is 5.68. The summed E-state index contributed by atoms with van der Waals surface area (Å²) in [6.07, 6.45) is 2.78. The average molecular weight is 350 g/mol. The Morgan fingerprint density at radius 2 is 2.24 bits per heavy atom. The van der Waals surface area contributed by atoms with E-state index in [0.29, 0.717) is 31.0 Å². The van der Waals surface area contributed by atoms with Crippen molar-refractivity contribution in [2.75, 3.05) is 13.1 Å². The van der Waals surface area contributed by atoms with Crippen molar-refractivity contribution < 1.29 is 19.2 Å². The van der Waals surface area contributed by atoms with Gasteiger partial charge in [0.25, 0.3) is 5.91 Å². The Bertz CT molecular complexity index is 628. The quantitative estimate of drug-likeness (QED) is 0.681. The predicted octanol–water partition coefficient (Wildman–Crippen LogP) is 0.371. The molecule has 3 rings (SSSR count). The molecule has 8 heteroatoms. The normalized spacial score (nSPS) is 24.8. The number of likely N-dealkylation sites (tertiary alicyclic amines) is 1. The van der Waals surface area contributed by atoms with Gasteiger partial charge in [0.1, 0.15) is 5.76 Å². The number of hydrogen-bond donors (Lipinski definition) is 3. The first-order valence-electron chi connectivity index (χ1n) is 8.93. The number of amides is 2. The molecule has 1 unspecified atom stereocenters. The van der Waals surface area contributed by atoms with E-state index in [2.05, 4.69) is 10.5 Å². The fourth-order valence-corrected chi connectivity index (χ4v) is 3.29. The van der Waals surface area contributed by atoms with Gasteiger partial charge in [-0.2, -0.15) is 0 Å². The van der Waals surface area contributed by atoms with Crippen molar-refractivity contribution in [3.05, 3.63) is 17.5 Å². The van der Waals surface area contributed by atoms with Gasteiger partial charge < -0.3 is 25.6 Å². The van der Waals surface area contributed by atoms with Crippen molar-refractivity contribution in [3.63, 3.8) is 0 Å². The van der Waals surface area contributed by atoms with Gasteiger partial charge in [-0.1, -0.05) is 5.16 Å². The molecule has 1 aliphatic carbocycles. The molecule has 0 aromatic carbocycles. The highest BCUT2D eigenvalue weighted by atomic mass is 16.5. The molecule has 2 heterocycles. The van der Waals surface area contributed by atoms with Gasteiger partial charge in [0.05, 0.1) is 12.5 Å². The highest BCUT2D eigenvalue weighted by molar-refractivity contribution is 5.92. The molecule has 4 N–H and O–H groups in total. The molecular formula is C17H26N4O4. The van der Waals surface area contributed by atoms with Gasteiger partial charge in [0.2, 0.25) is 5.91 Å². The van der Waals surface area contributed by atoms with Crippen molar-refractivity contribution in [1.82, 2.24) is 15.4 Å². The van der Waals surface area contributed by atoms with Crippen molar-refractivity contribution in [2.45, 2.75) is 63.1 Å². The first kappa shape index (κ1) is 17.9. The summed E-state index contributed by atoms with van der Waals surface area (Å²) in [5, 5.41) is 16.4. The Morgan fingerprint density at radius 1 is 1.48 bits per heavy atom. The molecule has 1 aromatic rings. The van der Waals surface area contributed by atoms with Crippen LogP contribution in [0.15, 0.2) is 10.6 Å². The minimum absolute atomic E-state index is 0.00383. The maximum atomic E-state index is 12.3. The Morgan fingerprint density at radius 3 is 2.88 bits per heavy atom. The second kappa shape index (κ2) is 7.53. The number of aliphatic hydroxyl groups excluding tert-OH is 1. The summed E-state index contributed by atoms with van der Waals surface area (Å²) in [5.74, 6) is 0.886. The van der Waals surface area contributed by atoms with Crippen LogP contribution in [0.2, 0.25) is 0 Å². The summed E-state index contributed by atoms with van der Waals surface area (Å²) in [6, 6.07) is 1.71. The number of hydrogen-bond acceptors (Lipinski definition) is 6. The molecule has 8 nitrogen and oxygen atoms in total. The number of carbonyl (C=O) groups is 2. The van der Waals surface area contributed by atoms with Crippen LogP contribution in [0, 0.1) is 0 Å². The second-order valence-electron chi connectivity index (χ2n) is 7.11. The number of rotatable bonds is 6. The van der Waals surface area contributed by atoms with Crippen LogP contribution in [0.1, 0.15) is 61.2 Å². The number of aliphatic hydroxyl groups is 1. The average Bonchev–Trinajstić information content (AvgIpc) is 3.31. The lowest BCUT2D eigenvalue weighted by Crippen LogP contribution is -2.51. The molecule has 1 saturated carbocycles. The molecule has 2 fully saturated rings. The zero-order valence-electron chi connectivity index (χ0n) is 14.5. The number of nitrogens with zero attached hydrogens (tertiary/aromatic N) is 2. The molecule has 0 spiro atoms. The molecule has 1 saturated heterocycles. The monoisotopic (exact) mass is 350 g/mol. The number of nitrogens with one attached hydrogen (secondary N) is 1. The molecule has 25 heavy (non-hydrogen) atoms. The Balaban J connectivity index is 1.50.